The number of nitriles is 1. The highest BCUT2D eigenvalue weighted by atomic mass is 19.1. The molecule has 124 valence electrons. The number of nitrogens with zero attached hydrogens (tertiary/aromatic N) is 2. The van der Waals surface area contributed by atoms with Crippen LogP contribution in [0.25, 0.3) is 0 Å². The molecule has 2 unspecified atom stereocenters. The predicted molar refractivity (Wildman–Crippen MR) is 91.3 cm³/mol. The molecule has 0 aliphatic carbocycles. The van der Waals surface area contributed by atoms with Crippen LogP contribution < -0.4 is 10.9 Å². The Bertz CT molecular complexity index is 723. The zero-order valence-electron chi connectivity index (χ0n) is 13.7. The third-order valence-electron chi connectivity index (χ3n) is 4.45. The van der Waals surface area contributed by atoms with Crippen LogP contribution in [0.3, 0.4) is 0 Å². The highest BCUT2D eigenvalue weighted by Crippen LogP contribution is 2.26. The maximum absolute atomic E-state index is 13.1. The highest BCUT2D eigenvalue weighted by Gasteiger charge is 2.29. The van der Waals surface area contributed by atoms with Gasteiger partial charge in [0, 0.05) is 25.6 Å². The Morgan fingerprint density at radius 2 is 1.96 bits per heavy atom. The molecule has 1 saturated heterocycles. The molecule has 24 heavy (non-hydrogen) atoms. The number of halogens is 1. The summed E-state index contributed by atoms with van der Waals surface area (Å²) in [4.78, 5) is 2.23. The fourth-order valence-electron chi connectivity index (χ4n) is 3.25. The Labute approximate surface area is 141 Å². The van der Waals surface area contributed by atoms with Gasteiger partial charge in [0.25, 0.3) is 0 Å². The van der Waals surface area contributed by atoms with E-state index in [1.54, 1.807) is 0 Å². The molecule has 3 rings (SSSR count). The lowest BCUT2D eigenvalue weighted by molar-refractivity contribution is 0.262. The first-order valence-electron chi connectivity index (χ1n) is 8.08. The Balaban J connectivity index is 1.66. The van der Waals surface area contributed by atoms with Crippen LogP contribution in [0.5, 0.6) is 0 Å². The van der Waals surface area contributed by atoms with Crippen LogP contribution in [0.2, 0.25) is 0 Å². The van der Waals surface area contributed by atoms with Crippen LogP contribution >= 0.6 is 0 Å². The van der Waals surface area contributed by atoms with Crippen LogP contribution in [-0.2, 0) is 6.54 Å². The van der Waals surface area contributed by atoms with Crippen molar-refractivity contribution in [3.05, 3.63) is 71.0 Å². The summed E-state index contributed by atoms with van der Waals surface area (Å²) in [5.41, 5.74) is 9.33. The van der Waals surface area contributed by atoms with Gasteiger partial charge in [0.1, 0.15) is 5.82 Å². The lowest BCUT2D eigenvalue weighted by atomic mass is 9.94. The Hall–Kier alpha value is -2.26. The van der Waals surface area contributed by atoms with E-state index in [0.29, 0.717) is 5.92 Å². The summed E-state index contributed by atoms with van der Waals surface area (Å²) >= 11 is 0. The average Bonchev–Trinajstić information content (AvgIpc) is 3.04. The molecule has 0 bridgehead atoms. The monoisotopic (exact) mass is 324 g/mol. The van der Waals surface area contributed by atoms with E-state index in [2.05, 4.69) is 28.9 Å². The van der Waals surface area contributed by atoms with E-state index in [-0.39, 0.29) is 11.9 Å². The molecule has 2 atom stereocenters. The molecule has 1 aliphatic heterocycles. The minimum absolute atomic E-state index is 0.152. The van der Waals surface area contributed by atoms with Crippen molar-refractivity contribution < 1.29 is 4.39 Å². The van der Waals surface area contributed by atoms with Crippen molar-refractivity contribution in [2.24, 2.45) is 5.92 Å². The van der Waals surface area contributed by atoms with Crippen molar-refractivity contribution in [1.29, 1.82) is 5.26 Å². The van der Waals surface area contributed by atoms with E-state index in [4.69, 9.17) is 0 Å². The van der Waals surface area contributed by atoms with Crippen LogP contribution in [0, 0.1) is 23.1 Å². The number of nitrogens with one attached hydrogen (secondary N) is 2. The molecule has 0 saturated carbocycles. The largest absolute Gasteiger partial charge is 0.302 e. The van der Waals surface area contributed by atoms with Crippen LogP contribution in [0.1, 0.15) is 22.7 Å². The van der Waals surface area contributed by atoms with E-state index in [9.17, 15) is 9.65 Å². The normalized spacial score (nSPS) is 20.2. The smallest absolute Gasteiger partial charge is 0.123 e. The number of hydrazine groups is 1. The van der Waals surface area contributed by atoms with Crippen molar-refractivity contribution in [1.82, 2.24) is 15.8 Å². The molecule has 0 amide bonds. The predicted octanol–water partition coefficient (Wildman–Crippen LogP) is 2.59. The van der Waals surface area contributed by atoms with Gasteiger partial charge in [0.15, 0.2) is 0 Å². The number of hydrogen-bond acceptors (Lipinski definition) is 4. The molecule has 2 N–H and O–H groups in total. The van der Waals surface area contributed by atoms with Gasteiger partial charge in [-0.05, 0) is 36.4 Å². The van der Waals surface area contributed by atoms with Gasteiger partial charge in [-0.3, -0.25) is 5.43 Å². The van der Waals surface area contributed by atoms with Gasteiger partial charge in [0.05, 0.1) is 17.7 Å². The maximum Gasteiger partial charge on any atom is 0.123 e. The Morgan fingerprint density at radius 3 is 2.71 bits per heavy atom. The summed E-state index contributed by atoms with van der Waals surface area (Å²) in [5.74, 6) is 0.154. The maximum atomic E-state index is 13.1. The summed E-state index contributed by atoms with van der Waals surface area (Å²) in [6.45, 7) is 2.46. The molecule has 5 heteroatoms. The number of hydrogen-bond donors (Lipinski definition) is 2. The van der Waals surface area contributed by atoms with Gasteiger partial charge >= 0.3 is 0 Å². The topological polar surface area (TPSA) is 51.1 Å². The van der Waals surface area contributed by atoms with E-state index in [1.807, 2.05) is 36.4 Å². The van der Waals surface area contributed by atoms with Gasteiger partial charge in [-0.1, -0.05) is 30.3 Å². The summed E-state index contributed by atoms with van der Waals surface area (Å²) < 4.78 is 13.1. The average molecular weight is 324 g/mol. The minimum atomic E-state index is -0.216. The Morgan fingerprint density at radius 1 is 1.21 bits per heavy atom. The van der Waals surface area contributed by atoms with Crippen molar-refractivity contribution in [2.75, 3.05) is 20.1 Å². The quantitative estimate of drug-likeness (QED) is 0.888. The second-order valence-electron chi connectivity index (χ2n) is 6.28. The van der Waals surface area contributed by atoms with Crippen LogP contribution in [0.4, 0.5) is 4.39 Å². The molecule has 0 aromatic heterocycles. The summed E-state index contributed by atoms with van der Waals surface area (Å²) in [7, 11) is 2.06. The zero-order valence-corrected chi connectivity index (χ0v) is 13.7. The molecule has 2 aromatic carbocycles. The summed E-state index contributed by atoms with van der Waals surface area (Å²) in [6.07, 6.45) is 0. The van der Waals surface area contributed by atoms with E-state index in [1.165, 1.54) is 12.1 Å². The second kappa shape index (κ2) is 7.54. The second-order valence-corrected chi connectivity index (χ2v) is 6.28. The van der Waals surface area contributed by atoms with Gasteiger partial charge in [0.2, 0.25) is 0 Å². The minimum Gasteiger partial charge on any atom is -0.302 e. The zero-order chi connectivity index (χ0) is 16.9. The van der Waals surface area contributed by atoms with Gasteiger partial charge < -0.3 is 4.90 Å². The number of rotatable bonds is 5. The lowest BCUT2D eigenvalue weighted by Gasteiger charge is -2.25. The highest BCUT2D eigenvalue weighted by molar-refractivity contribution is 5.37. The molecule has 1 heterocycles. The Kier molecular flexibility index (Phi) is 5.21. The molecule has 1 aliphatic rings. The molecule has 4 nitrogen and oxygen atoms in total. The van der Waals surface area contributed by atoms with E-state index < -0.39 is 0 Å². The van der Waals surface area contributed by atoms with Crippen LogP contribution in [0.15, 0.2) is 48.5 Å². The third-order valence-corrected chi connectivity index (χ3v) is 4.45. The van der Waals surface area contributed by atoms with Gasteiger partial charge in [-0.25, -0.2) is 9.82 Å². The molecular weight excluding hydrogens is 303 g/mol. The van der Waals surface area contributed by atoms with Crippen molar-refractivity contribution in [2.45, 2.75) is 12.6 Å². The molecule has 0 radical (unpaired) electrons. The number of benzene rings is 2. The van der Waals surface area contributed by atoms with E-state index >= 15 is 0 Å². The van der Waals surface area contributed by atoms with E-state index in [0.717, 1.165) is 36.3 Å². The van der Waals surface area contributed by atoms with Gasteiger partial charge in [-0.2, -0.15) is 5.26 Å². The first kappa shape index (κ1) is 16.6. The standard InChI is InChI=1S/C19H21FN4/c1-24(12-16-5-3-2-4-15(16)10-21)13-17-11-22-23-19(17)14-6-8-18(20)9-7-14/h2-9,17,19,22-23H,11-13H2,1H3. The first-order valence-corrected chi connectivity index (χ1v) is 8.08. The summed E-state index contributed by atoms with van der Waals surface area (Å²) in [5, 5.41) is 9.21. The molecule has 2 aromatic rings. The summed E-state index contributed by atoms with van der Waals surface area (Å²) in [6, 6.07) is 16.8. The third kappa shape index (κ3) is 3.80. The fraction of sp³-hybridized carbons (Fsp3) is 0.316. The molecular formula is C19H21FN4. The SMILES string of the molecule is CN(Cc1ccccc1C#N)CC1CNNC1c1ccc(F)cc1. The fourth-order valence-corrected chi connectivity index (χ4v) is 3.25. The van der Waals surface area contributed by atoms with Gasteiger partial charge in [-0.15, -0.1) is 0 Å². The molecule has 1 fully saturated rings. The van der Waals surface area contributed by atoms with Crippen molar-refractivity contribution >= 4 is 0 Å². The van der Waals surface area contributed by atoms with Crippen LogP contribution in [-0.4, -0.2) is 25.0 Å². The van der Waals surface area contributed by atoms with Crippen molar-refractivity contribution in [3.63, 3.8) is 0 Å². The molecule has 0 spiro atoms. The lowest BCUT2D eigenvalue weighted by Crippen LogP contribution is -2.30. The van der Waals surface area contributed by atoms with Crippen molar-refractivity contribution in [3.8, 4) is 6.07 Å². The first-order chi connectivity index (χ1) is 11.7.